The summed E-state index contributed by atoms with van der Waals surface area (Å²) in [6, 6.07) is 3.66. The van der Waals surface area contributed by atoms with E-state index in [9.17, 15) is 4.79 Å². The molecule has 0 bridgehead atoms. The molecule has 8 heteroatoms. The van der Waals surface area contributed by atoms with Crippen molar-refractivity contribution in [2.75, 3.05) is 13.1 Å². The lowest BCUT2D eigenvalue weighted by atomic mass is 10.2. The van der Waals surface area contributed by atoms with Gasteiger partial charge in [0.25, 0.3) is 11.8 Å². The molecule has 0 N–H and O–H groups in total. The molecular weight excluding hydrogens is 320 g/mol. The fourth-order valence-electron chi connectivity index (χ4n) is 2.99. The zero-order valence-corrected chi connectivity index (χ0v) is 14.1. The number of pyridine rings is 1. The molecular formula is C17H18N6O2. The lowest BCUT2D eigenvalue weighted by molar-refractivity contribution is 0.0792. The predicted octanol–water partition coefficient (Wildman–Crippen LogP) is 2.17. The standard InChI is InChI=1S/C17H18N6O2/c1-11-14(17(24)22-7-3-4-8-22)10-19-23(11)15-6-5-13(9-18-15)16-20-12(2)21-25-16/h5-6,9-10H,3-4,7-8H2,1-2H3. The molecule has 0 aromatic carbocycles. The Hall–Kier alpha value is -3.03. The highest BCUT2D eigenvalue weighted by Gasteiger charge is 2.23. The van der Waals surface area contributed by atoms with Crippen molar-refractivity contribution < 1.29 is 9.32 Å². The lowest BCUT2D eigenvalue weighted by Crippen LogP contribution is -2.27. The van der Waals surface area contributed by atoms with Crippen LogP contribution >= 0.6 is 0 Å². The Morgan fingerprint density at radius 1 is 1.16 bits per heavy atom. The summed E-state index contributed by atoms with van der Waals surface area (Å²) in [5.74, 6) is 1.68. The van der Waals surface area contributed by atoms with Crippen molar-refractivity contribution in [3.63, 3.8) is 0 Å². The highest BCUT2D eigenvalue weighted by atomic mass is 16.5. The number of likely N-dealkylation sites (tertiary alicyclic amines) is 1. The van der Waals surface area contributed by atoms with Gasteiger partial charge in [-0.1, -0.05) is 5.16 Å². The number of carbonyl (C=O) groups is 1. The Labute approximate surface area is 144 Å². The summed E-state index contributed by atoms with van der Waals surface area (Å²) in [6.45, 7) is 5.29. The molecule has 0 radical (unpaired) electrons. The van der Waals surface area contributed by atoms with Gasteiger partial charge >= 0.3 is 0 Å². The first-order valence-corrected chi connectivity index (χ1v) is 8.24. The zero-order chi connectivity index (χ0) is 17.4. The van der Waals surface area contributed by atoms with Crippen molar-refractivity contribution >= 4 is 5.91 Å². The van der Waals surface area contributed by atoms with Crippen molar-refractivity contribution in [2.45, 2.75) is 26.7 Å². The Balaban J connectivity index is 1.61. The maximum Gasteiger partial charge on any atom is 0.259 e. The summed E-state index contributed by atoms with van der Waals surface area (Å²) in [5, 5.41) is 8.11. The normalized spacial score (nSPS) is 14.2. The van der Waals surface area contributed by atoms with Crippen LogP contribution in [0, 0.1) is 13.8 Å². The first kappa shape index (κ1) is 15.5. The molecule has 1 saturated heterocycles. The molecule has 0 spiro atoms. The van der Waals surface area contributed by atoms with Crippen molar-refractivity contribution in [2.24, 2.45) is 0 Å². The van der Waals surface area contributed by atoms with E-state index in [-0.39, 0.29) is 5.91 Å². The molecule has 1 aliphatic heterocycles. The minimum absolute atomic E-state index is 0.0409. The van der Waals surface area contributed by atoms with E-state index in [4.69, 9.17) is 4.52 Å². The molecule has 0 atom stereocenters. The summed E-state index contributed by atoms with van der Waals surface area (Å²) in [7, 11) is 0. The third kappa shape index (κ3) is 2.79. The van der Waals surface area contributed by atoms with Gasteiger partial charge in [0.1, 0.15) is 0 Å². The van der Waals surface area contributed by atoms with Gasteiger partial charge in [-0.15, -0.1) is 0 Å². The SMILES string of the molecule is Cc1noc(-c2ccc(-n3ncc(C(=O)N4CCCC4)c3C)nc2)n1. The van der Waals surface area contributed by atoms with Gasteiger partial charge < -0.3 is 9.42 Å². The summed E-state index contributed by atoms with van der Waals surface area (Å²) < 4.78 is 6.81. The van der Waals surface area contributed by atoms with Crippen LogP contribution in [0.4, 0.5) is 0 Å². The highest BCUT2D eigenvalue weighted by Crippen LogP contribution is 2.20. The molecule has 1 fully saturated rings. The van der Waals surface area contributed by atoms with Gasteiger partial charge in [0, 0.05) is 19.3 Å². The smallest absolute Gasteiger partial charge is 0.259 e. The Bertz CT molecular complexity index is 906. The van der Waals surface area contributed by atoms with Crippen molar-refractivity contribution in [3.05, 3.63) is 41.6 Å². The van der Waals surface area contributed by atoms with Crippen molar-refractivity contribution in [1.82, 2.24) is 29.8 Å². The van der Waals surface area contributed by atoms with Crippen LogP contribution in [0.2, 0.25) is 0 Å². The zero-order valence-electron chi connectivity index (χ0n) is 14.1. The van der Waals surface area contributed by atoms with E-state index >= 15 is 0 Å². The van der Waals surface area contributed by atoms with E-state index < -0.39 is 0 Å². The van der Waals surface area contributed by atoms with E-state index in [0.29, 0.717) is 23.1 Å². The van der Waals surface area contributed by atoms with E-state index in [0.717, 1.165) is 37.2 Å². The molecule has 1 aliphatic rings. The van der Waals surface area contributed by atoms with Crippen LogP contribution in [0.25, 0.3) is 17.3 Å². The minimum Gasteiger partial charge on any atom is -0.339 e. The third-order valence-corrected chi connectivity index (χ3v) is 4.37. The molecule has 0 unspecified atom stereocenters. The van der Waals surface area contributed by atoms with Gasteiger partial charge in [-0.2, -0.15) is 10.1 Å². The van der Waals surface area contributed by atoms with Crippen LogP contribution in [-0.2, 0) is 0 Å². The van der Waals surface area contributed by atoms with E-state index in [1.165, 1.54) is 0 Å². The molecule has 25 heavy (non-hydrogen) atoms. The monoisotopic (exact) mass is 338 g/mol. The van der Waals surface area contributed by atoms with E-state index in [2.05, 4.69) is 20.2 Å². The van der Waals surface area contributed by atoms with Gasteiger partial charge in [0.15, 0.2) is 11.6 Å². The second kappa shape index (κ2) is 6.12. The number of amides is 1. The number of aryl methyl sites for hydroxylation is 1. The molecule has 3 aromatic rings. The minimum atomic E-state index is 0.0409. The molecule has 1 amide bonds. The quantitative estimate of drug-likeness (QED) is 0.727. The van der Waals surface area contributed by atoms with Crippen molar-refractivity contribution in [1.29, 1.82) is 0 Å². The maximum absolute atomic E-state index is 12.6. The largest absolute Gasteiger partial charge is 0.339 e. The fourth-order valence-corrected chi connectivity index (χ4v) is 2.99. The molecule has 4 heterocycles. The Morgan fingerprint density at radius 2 is 1.96 bits per heavy atom. The van der Waals surface area contributed by atoms with Crippen LogP contribution < -0.4 is 0 Å². The highest BCUT2D eigenvalue weighted by molar-refractivity contribution is 5.95. The predicted molar refractivity (Wildman–Crippen MR) is 89.3 cm³/mol. The average molecular weight is 338 g/mol. The van der Waals surface area contributed by atoms with E-state index in [1.807, 2.05) is 24.0 Å². The van der Waals surface area contributed by atoms with E-state index in [1.54, 1.807) is 24.0 Å². The molecule has 0 aliphatic carbocycles. The van der Waals surface area contributed by atoms with Crippen LogP contribution in [0.1, 0.15) is 34.7 Å². The third-order valence-electron chi connectivity index (χ3n) is 4.37. The summed E-state index contributed by atoms with van der Waals surface area (Å²) in [6.07, 6.45) is 5.41. The lowest BCUT2D eigenvalue weighted by Gasteiger charge is -2.14. The number of hydrogen-bond acceptors (Lipinski definition) is 6. The average Bonchev–Trinajstić information content (AvgIpc) is 3.35. The fraction of sp³-hybridized carbons (Fsp3) is 0.353. The van der Waals surface area contributed by atoms with Crippen LogP contribution in [0.5, 0.6) is 0 Å². The number of rotatable bonds is 3. The molecule has 8 nitrogen and oxygen atoms in total. The van der Waals surface area contributed by atoms with Crippen LogP contribution in [-0.4, -0.2) is 48.8 Å². The second-order valence-electron chi connectivity index (χ2n) is 6.11. The first-order chi connectivity index (χ1) is 12.1. The molecule has 128 valence electrons. The van der Waals surface area contributed by atoms with Gasteiger partial charge in [-0.3, -0.25) is 4.79 Å². The molecule has 4 rings (SSSR count). The van der Waals surface area contributed by atoms with Crippen LogP contribution in [0.3, 0.4) is 0 Å². The number of carbonyl (C=O) groups excluding carboxylic acids is 1. The molecule has 0 saturated carbocycles. The Morgan fingerprint density at radius 3 is 2.60 bits per heavy atom. The number of nitrogens with zero attached hydrogens (tertiary/aromatic N) is 6. The number of aromatic nitrogens is 5. The van der Waals surface area contributed by atoms with Crippen molar-refractivity contribution in [3.8, 4) is 17.3 Å². The second-order valence-corrected chi connectivity index (χ2v) is 6.11. The van der Waals surface area contributed by atoms with Crippen LogP contribution in [0.15, 0.2) is 29.0 Å². The summed E-state index contributed by atoms with van der Waals surface area (Å²) in [5.41, 5.74) is 2.15. The molecule has 3 aromatic heterocycles. The van der Waals surface area contributed by atoms with Gasteiger partial charge in [0.2, 0.25) is 0 Å². The maximum atomic E-state index is 12.6. The Kier molecular flexibility index (Phi) is 3.79. The summed E-state index contributed by atoms with van der Waals surface area (Å²) in [4.78, 5) is 23.1. The number of hydrogen-bond donors (Lipinski definition) is 0. The van der Waals surface area contributed by atoms with Gasteiger partial charge in [-0.25, -0.2) is 9.67 Å². The van der Waals surface area contributed by atoms with Gasteiger partial charge in [0.05, 0.1) is 23.0 Å². The topological polar surface area (TPSA) is 89.9 Å². The van der Waals surface area contributed by atoms with Gasteiger partial charge in [-0.05, 0) is 38.8 Å². The summed E-state index contributed by atoms with van der Waals surface area (Å²) >= 11 is 0. The first-order valence-electron chi connectivity index (χ1n) is 8.24.